The summed E-state index contributed by atoms with van der Waals surface area (Å²) >= 11 is 0. The molecule has 2 N–H and O–H groups in total. The van der Waals surface area contributed by atoms with Crippen molar-refractivity contribution in [3.63, 3.8) is 0 Å². The van der Waals surface area contributed by atoms with Gasteiger partial charge < -0.3 is 15.5 Å². The third-order valence-corrected chi connectivity index (χ3v) is 2.85. The third-order valence-electron chi connectivity index (χ3n) is 2.85. The summed E-state index contributed by atoms with van der Waals surface area (Å²) in [5, 5.41) is 5.98. The number of carbonyl (C=O) groups is 1. The van der Waals surface area contributed by atoms with Gasteiger partial charge in [-0.15, -0.1) is 0 Å². The van der Waals surface area contributed by atoms with Crippen LogP contribution in [0.2, 0.25) is 0 Å². The normalized spacial score (nSPS) is 15.7. The van der Waals surface area contributed by atoms with Gasteiger partial charge in [-0.2, -0.15) is 0 Å². The first-order chi connectivity index (χ1) is 7.24. The molecule has 1 aliphatic rings. The first kappa shape index (κ1) is 12.5. The Morgan fingerprint density at radius 2 is 2.13 bits per heavy atom. The molecule has 1 fully saturated rings. The number of hydrogen-bond donors (Lipinski definition) is 2. The highest BCUT2D eigenvalue weighted by molar-refractivity contribution is 5.75. The van der Waals surface area contributed by atoms with Gasteiger partial charge in [0.2, 0.25) is 5.91 Å². The molecule has 15 heavy (non-hydrogen) atoms. The van der Waals surface area contributed by atoms with Crippen molar-refractivity contribution in [2.24, 2.45) is 0 Å². The highest BCUT2D eigenvalue weighted by Gasteiger charge is 2.25. The minimum Gasteiger partial charge on any atom is -0.359 e. The van der Waals surface area contributed by atoms with Gasteiger partial charge in [0.1, 0.15) is 0 Å². The van der Waals surface area contributed by atoms with Crippen molar-refractivity contribution in [3.05, 3.63) is 0 Å². The molecule has 1 rings (SSSR count). The van der Waals surface area contributed by atoms with Crippen molar-refractivity contribution < 1.29 is 4.79 Å². The fraction of sp³-hybridized carbons (Fsp3) is 0.909. The van der Waals surface area contributed by atoms with E-state index in [9.17, 15) is 4.79 Å². The molecule has 88 valence electrons. The van der Waals surface area contributed by atoms with Crippen LogP contribution in [0, 0.1) is 0 Å². The molecule has 0 bridgehead atoms. The van der Waals surface area contributed by atoms with Crippen molar-refractivity contribution in [1.82, 2.24) is 15.5 Å². The molecule has 1 saturated carbocycles. The van der Waals surface area contributed by atoms with Gasteiger partial charge in [-0.1, -0.05) is 0 Å². The Labute approximate surface area is 92.4 Å². The second-order valence-electron chi connectivity index (χ2n) is 4.24. The summed E-state index contributed by atoms with van der Waals surface area (Å²) in [6.45, 7) is 3.08. The predicted octanol–water partition coefficient (Wildman–Crippen LogP) is 0.196. The van der Waals surface area contributed by atoms with Crippen LogP contribution in [0.1, 0.15) is 25.7 Å². The molecule has 0 aromatic rings. The first-order valence-electron chi connectivity index (χ1n) is 5.85. The molecule has 0 aromatic carbocycles. The summed E-state index contributed by atoms with van der Waals surface area (Å²) < 4.78 is 0. The quantitative estimate of drug-likeness (QED) is 0.566. The summed E-state index contributed by atoms with van der Waals surface area (Å²) in [6, 6.07) is 0.845. The van der Waals surface area contributed by atoms with E-state index in [4.69, 9.17) is 0 Å². The zero-order valence-electron chi connectivity index (χ0n) is 9.88. The number of nitrogens with zero attached hydrogens (tertiary/aromatic N) is 1. The van der Waals surface area contributed by atoms with Crippen LogP contribution in [0.25, 0.3) is 0 Å². The van der Waals surface area contributed by atoms with Gasteiger partial charge in [-0.3, -0.25) is 4.79 Å². The van der Waals surface area contributed by atoms with Crippen LogP contribution in [0.3, 0.4) is 0 Å². The van der Waals surface area contributed by atoms with E-state index in [0.29, 0.717) is 6.42 Å². The number of rotatable bonds is 8. The van der Waals surface area contributed by atoms with Crippen LogP contribution in [0.5, 0.6) is 0 Å². The van der Waals surface area contributed by atoms with Gasteiger partial charge in [-0.25, -0.2) is 0 Å². The standard InChI is InChI=1S/C11H23N3O/c1-12-11(15)4-3-7-13-8-9-14(2)10-5-6-10/h10,13H,3-9H2,1-2H3,(H,12,15). The Bertz CT molecular complexity index is 192. The smallest absolute Gasteiger partial charge is 0.219 e. The fourth-order valence-corrected chi connectivity index (χ4v) is 1.58. The number of nitrogens with one attached hydrogen (secondary N) is 2. The van der Waals surface area contributed by atoms with E-state index in [1.807, 2.05) is 0 Å². The minimum absolute atomic E-state index is 0.131. The van der Waals surface area contributed by atoms with E-state index in [2.05, 4.69) is 22.6 Å². The van der Waals surface area contributed by atoms with Gasteiger partial charge in [0, 0.05) is 32.6 Å². The number of carbonyl (C=O) groups excluding carboxylic acids is 1. The number of amides is 1. The Balaban J connectivity index is 1.82. The molecule has 0 spiro atoms. The first-order valence-corrected chi connectivity index (χ1v) is 5.85. The van der Waals surface area contributed by atoms with Crippen molar-refractivity contribution in [1.29, 1.82) is 0 Å². The molecule has 0 radical (unpaired) electrons. The maximum atomic E-state index is 10.9. The molecule has 0 heterocycles. The van der Waals surface area contributed by atoms with Gasteiger partial charge in [0.05, 0.1) is 0 Å². The van der Waals surface area contributed by atoms with Gasteiger partial charge in [0.25, 0.3) is 0 Å². The second-order valence-corrected chi connectivity index (χ2v) is 4.24. The Kier molecular flexibility index (Phi) is 5.65. The Hall–Kier alpha value is -0.610. The van der Waals surface area contributed by atoms with E-state index in [0.717, 1.165) is 32.1 Å². The van der Waals surface area contributed by atoms with Crippen LogP contribution in [-0.4, -0.2) is 50.6 Å². The van der Waals surface area contributed by atoms with E-state index in [-0.39, 0.29) is 5.91 Å². The van der Waals surface area contributed by atoms with E-state index in [1.54, 1.807) is 7.05 Å². The molecular weight excluding hydrogens is 190 g/mol. The zero-order valence-corrected chi connectivity index (χ0v) is 9.88. The van der Waals surface area contributed by atoms with E-state index < -0.39 is 0 Å². The summed E-state index contributed by atoms with van der Waals surface area (Å²) in [4.78, 5) is 13.3. The SMILES string of the molecule is CNC(=O)CCCNCCN(C)C1CC1. The second kappa shape index (κ2) is 6.80. The molecule has 1 aliphatic carbocycles. The number of likely N-dealkylation sites (N-methyl/N-ethyl adjacent to an activating group) is 1. The molecule has 0 atom stereocenters. The lowest BCUT2D eigenvalue weighted by Crippen LogP contribution is -2.31. The zero-order chi connectivity index (χ0) is 11.1. The maximum Gasteiger partial charge on any atom is 0.219 e. The molecule has 4 heteroatoms. The molecule has 1 amide bonds. The Morgan fingerprint density at radius 3 is 2.73 bits per heavy atom. The van der Waals surface area contributed by atoms with E-state index >= 15 is 0 Å². The lowest BCUT2D eigenvalue weighted by atomic mass is 10.3. The van der Waals surface area contributed by atoms with E-state index in [1.165, 1.54) is 12.8 Å². The van der Waals surface area contributed by atoms with Gasteiger partial charge in [-0.05, 0) is 32.9 Å². The van der Waals surface area contributed by atoms with Gasteiger partial charge in [0.15, 0.2) is 0 Å². The molecule has 0 aromatic heterocycles. The molecular formula is C11H23N3O. The van der Waals surface area contributed by atoms with Crippen molar-refractivity contribution in [3.8, 4) is 0 Å². The van der Waals surface area contributed by atoms with Crippen LogP contribution >= 0.6 is 0 Å². The maximum absolute atomic E-state index is 10.9. The average molecular weight is 213 g/mol. The molecule has 4 nitrogen and oxygen atoms in total. The van der Waals surface area contributed by atoms with Crippen LogP contribution in [-0.2, 0) is 4.79 Å². The highest BCUT2D eigenvalue weighted by atomic mass is 16.1. The monoisotopic (exact) mass is 213 g/mol. The largest absolute Gasteiger partial charge is 0.359 e. The minimum atomic E-state index is 0.131. The predicted molar refractivity (Wildman–Crippen MR) is 61.8 cm³/mol. The topological polar surface area (TPSA) is 44.4 Å². The Morgan fingerprint density at radius 1 is 1.40 bits per heavy atom. The number of hydrogen-bond acceptors (Lipinski definition) is 3. The average Bonchev–Trinajstić information content (AvgIpc) is 3.05. The van der Waals surface area contributed by atoms with Crippen molar-refractivity contribution in [2.45, 2.75) is 31.7 Å². The van der Waals surface area contributed by atoms with Crippen molar-refractivity contribution >= 4 is 5.91 Å². The summed E-state index contributed by atoms with van der Waals surface area (Å²) in [5.74, 6) is 0.131. The molecule has 0 saturated heterocycles. The van der Waals surface area contributed by atoms with Crippen LogP contribution in [0.4, 0.5) is 0 Å². The van der Waals surface area contributed by atoms with Crippen LogP contribution < -0.4 is 10.6 Å². The lowest BCUT2D eigenvalue weighted by molar-refractivity contribution is -0.120. The summed E-state index contributed by atoms with van der Waals surface area (Å²) in [6.07, 6.45) is 4.29. The summed E-state index contributed by atoms with van der Waals surface area (Å²) in [5.41, 5.74) is 0. The molecule has 0 unspecified atom stereocenters. The third kappa shape index (κ3) is 5.74. The van der Waals surface area contributed by atoms with Crippen molar-refractivity contribution in [2.75, 3.05) is 33.7 Å². The molecule has 0 aliphatic heterocycles. The fourth-order valence-electron chi connectivity index (χ4n) is 1.58. The van der Waals surface area contributed by atoms with Gasteiger partial charge >= 0.3 is 0 Å². The highest BCUT2D eigenvalue weighted by Crippen LogP contribution is 2.24. The summed E-state index contributed by atoms with van der Waals surface area (Å²) in [7, 11) is 3.87. The lowest BCUT2D eigenvalue weighted by Gasteiger charge is -2.15. The van der Waals surface area contributed by atoms with Crippen LogP contribution in [0.15, 0.2) is 0 Å².